The molecule has 0 fully saturated rings. The Hall–Kier alpha value is -3.87. The lowest BCUT2D eigenvalue weighted by molar-refractivity contribution is -0.384. The number of anilines is 1. The van der Waals surface area contributed by atoms with Crippen molar-refractivity contribution in [1.82, 2.24) is 0 Å². The predicted octanol–water partition coefficient (Wildman–Crippen LogP) is 3.41. The van der Waals surface area contributed by atoms with Crippen molar-refractivity contribution in [1.29, 1.82) is 5.41 Å². The van der Waals surface area contributed by atoms with Crippen molar-refractivity contribution in [3.05, 3.63) is 94.0 Å². The summed E-state index contributed by atoms with van der Waals surface area (Å²) in [6.45, 7) is 0.485. The van der Waals surface area contributed by atoms with Crippen LogP contribution in [0, 0.1) is 15.5 Å². The van der Waals surface area contributed by atoms with E-state index in [0.29, 0.717) is 17.8 Å². The van der Waals surface area contributed by atoms with Crippen LogP contribution < -0.4 is 10.8 Å². The van der Waals surface area contributed by atoms with E-state index in [0.717, 1.165) is 16.7 Å². The average molecular weight is 360 g/mol. The molecule has 0 aliphatic carbocycles. The van der Waals surface area contributed by atoms with Crippen molar-refractivity contribution in [2.24, 2.45) is 5.11 Å². The molecule has 0 heterocycles. The molecule has 0 aliphatic rings. The molecular formula is C20H18N5O2+. The van der Waals surface area contributed by atoms with E-state index < -0.39 is 4.92 Å². The summed E-state index contributed by atoms with van der Waals surface area (Å²) in [5, 5.41) is 25.5. The maximum absolute atomic E-state index is 11.4. The molecule has 0 saturated carbocycles. The Morgan fingerprint density at radius 3 is 2.33 bits per heavy atom. The van der Waals surface area contributed by atoms with Gasteiger partial charge in [0.15, 0.2) is 0 Å². The molecule has 3 rings (SSSR count). The fourth-order valence-corrected chi connectivity index (χ4v) is 2.70. The molecular weight excluding hydrogens is 342 g/mol. The first-order valence-corrected chi connectivity index (χ1v) is 8.25. The molecule has 27 heavy (non-hydrogen) atoms. The van der Waals surface area contributed by atoms with Crippen LogP contribution in [0.1, 0.15) is 11.1 Å². The number of nitro groups is 1. The molecule has 134 valence electrons. The number of hydrogen-bond acceptors (Lipinski definition) is 4. The van der Waals surface area contributed by atoms with Gasteiger partial charge in [0.05, 0.1) is 4.92 Å². The third-order valence-electron chi connectivity index (χ3n) is 4.14. The summed E-state index contributed by atoms with van der Waals surface area (Å²) in [5.74, 6) is -0.00420. The molecule has 3 aromatic carbocycles. The zero-order chi connectivity index (χ0) is 19.2. The van der Waals surface area contributed by atoms with Crippen molar-refractivity contribution in [3.63, 3.8) is 0 Å². The van der Waals surface area contributed by atoms with E-state index in [4.69, 9.17) is 10.9 Å². The Morgan fingerprint density at radius 2 is 1.70 bits per heavy atom. The van der Waals surface area contributed by atoms with Crippen molar-refractivity contribution in [3.8, 4) is 11.1 Å². The van der Waals surface area contributed by atoms with Crippen LogP contribution in [-0.2, 0) is 6.54 Å². The maximum Gasteiger partial charge on any atom is 0.292 e. The average Bonchev–Trinajstić information content (AvgIpc) is 2.72. The van der Waals surface area contributed by atoms with Gasteiger partial charge in [-0.3, -0.25) is 15.5 Å². The van der Waals surface area contributed by atoms with Gasteiger partial charge in [-0.15, -0.1) is 0 Å². The number of amidine groups is 1. The van der Waals surface area contributed by atoms with Gasteiger partial charge in [-0.05, 0) is 28.8 Å². The standard InChI is InChI=1S/C20H17N5O2/c21-20(24-22)16-8-6-15(7-9-16)17-10-11-19(25(26)27)18(12-17)23-13-14-4-2-1-3-5-14/h1-12,21-23H,13H2/p+1. The molecule has 0 radical (unpaired) electrons. The van der Waals surface area contributed by atoms with Crippen molar-refractivity contribution in [2.45, 2.75) is 6.54 Å². The minimum Gasteiger partial charge on any atom is -0.375 e. The van der Waals surface area contributed by atoms with Gasteiger partial charge in [-0.25, -0.2) is 0 Å². The van der Waals surface area contributed by atoms with E-state index in [-0.39, 0.29) is 11.5 Å². The molecule has 0 saturated heterocycles. The first kappa shape index (κ1) is 17.9. The van der Waals surface area contributed by atoms with E-state index in [2.05, 4.69) is 10.4 Å². The van der Waals surface area contributed by atoms with Crippen LogP contribution in [0.3, 0.4) is 0 Å². The maximum atomic E-state index is 11.4. The number of rotatable bonds is 6. The highest BCUT2D eigenvalue weighted by atomic mass is 16.6. The first-order chi connectivity index (χ1) is 13.1. The highest BCUT2D eigenvalue weighted by molar-refractivity contribution is 5.96. The van der Waals surface area contributed by atoms with E-state index >= 15 is 0 Å². The van der Waals surface area contributed by atoms with E-state index in [1.54, 1.807) is 24.3 Å². The van der Waals surface area contributed by atoms with Crippen molar-refractivity contribution < 1.29 is 10.5 Å². The minimum atomic E-state index is -0.399. The van der Waals surface area contributed by atoms with Crippen LogP contribution >= 0.6 is 0 Å². The molecule has 0 bridgehead atoms. The molecule has 0 amide bonds. The number of nitrogens with two attached hydrogens (primary N) is 1. The normalized spacial score (nSPS) is 10.2. The second kappa shape index (κ2) is 8.01. The summed E-state index contributed by atoms with van der Waals surface area (Å²) in [5.41, 5.74) is 8.95. The molecule has 0 atom stereocenters. The SMILES string of the molecule is N=C(N=[NH2+])c1ccc(-c2ccc([N+](=O)[O-])c(NCc3ccccc3)c2)cc1. The Labute approximate surface area is 155 Å². The zero-order valence-electron chi connectivity index (χ0n) is 14.4. The summed E-state index contributed by atoms with van der Waals surface area (Å²) >= 11 is 0. The van der Waals surface area contributed by atoms with Gasteiger partial charge in [0.2, 0.25) is 5.84 Å². The summed E-state index contributed by atoms with van der Waals surface area (Å²) in [6, 6.07) is 21.8. The van der Waals surface area contributed by atoms with Crippen LogP contribution in [-0.4, -0.2) is 10.8 Å². The van der Waals surface area contributed by atoms with Crippen molar-refractivity contribution >= 4 is 17.2 Å². The highest BCUT2D eigenvalue weighted by Crippen LogP contribution is 2.31. The topological polar surface area (TPSA) is 117 Å². The number of nitrogens with one attached hydrogen (secondary N) is 2. The molecule has 7 nitrogen and oxygen atoms in total. The number of benzene rings is 3. The Morgan fingerprint density at radius 1 is 1.04 bits per heavy atom. The summed E-state index contributed by atoms with van der Waals surface area (Å²) in [6.07, 6.45) is 0. The van der Waals surface area contributed by atoms with Gasteiger partial charge in [0.1, 0.15) is 5.69 Å². The monoisotopic (exact) mass is 360 g/mol. The van der Waals surface area contributed by atoms with Crippen LogP contribution in [0.4, 0.5) is 11.4 Å². The van der Waals surface area contributed by atoms with E-state index in [1.165, 1.54) is 6.07 Å². The van der Waals surface area contributed by atoms with Crippen LogP contribution in [0.5, 0.6) is 0 Å². The predicted molar refractivity (Wildman–Crippen MR) is 103 cm³/mol. The van der Waals surface area contributed by atoms with Gasteiger partial charge < -0.3 is 5.32 Å². The number of nitrogens with zero attached hydrogens (tertiary/aromatic N) is 2. The molecule has 0 spiro atoms. The number of hydrogen-bond donors (Lipinski definition) is 3. The first-order valence-electron chi connectivity index (χ1n) is 8.25. The van der Waals surface area contributed by atoms with E-state index in [9.17, 15) is 10.1 Å². The van der Waals surface area contributed by atoms with Gasteiger partial charge in [0, 0.05) is 23.3 Å². The summed E-state index contributed by atoms with van der Waals surface area (Å²) in [7, 11) is 0. The summed E-state index contributed by atoms with van der Waals surface area (Å²) in [4.78, 5) is 11.0. The van der Waals surface area contributed by atoms with Crippen LogP contribution in [0.2, 0.25) is 0 Å². The lowest BCUT2D eigenvalue weighted by atomic mass is 10.0. The smallest absolute Gasteiger partial charge is 0.292 e. The molecule has 3 aromatic rings. The van der Waals surface area contributed by atoms with Gasteiger partial charge >= 0.3 is 0 Å². The van der Waals surface area contributed by atoms with Crippen molar-refractivity contribution in [2.75, 3.05) is 5.32 Å². The van der Waals surface area contributed by atoms with E-state index in [1.807, 2.05) is 42.5 Å². The Kier molecular flexibility index (Phi) is 5.32. The Bertz CT molecular complexity index is 985. The second-order valence-corrected chi connectivity index (χ2v) is 5.88. The largest absolute Gasteiger partial charge is 0.375 e. The summed E-state index contributed by atoms with van der Waals surface area (Å²) < 4.78 is 0. The molecule has 7 heteroatoms. The third kappa shape index (κ3) is 4.21. The molecule has 4 N–H and O–H groups in total. The fourth-order valence-electron chi connectivity index (χ4n) is 2.70. The van der Waals surface area contributed by atoms with Gasteiger partial charge in [-0.1, -0.05) is 54.6 Å². The fraction of sp³-hybridized carbons (Fsp3) is 0.0500. The molecule has 0 unspecified atom stereocenters. The zero-order valence-corrected chi connectivity index (χ0v) is 14.4. The van der Waals surface area contributed by atoms with Gasteiger partial charge in [-0.2, -0.15) is 5.53 Å². The minimum absolute atomic E-state index is 0.00420. The quantitative estimate of drug-likeness (QED) is 0.205. The van der Waals surface area contributed by atoms with Crippen LogP contribution in [0.15, 0.2) is 77.9 Å². The second-order valence-electron chi connectivity index (χ2n) is 5.88. The molecule has 0 aliphatic heterocycles. The lowest BCUT2D eigenvalue weighted by Crippen LogP contribution is -2.26. The number of nitro benzene ring substituents is 1. The Balaban J connectivity index is 1.89. The highest BCUT2D eigenvalue weighted by Gasteiger charge is 2.15. The molecule has 0 aromatic heterocycles. The van der Waals surface area contributed by atoms with Gasteiger partial charge in [0.25, 0.3) is 5.69 Å². The van der Waals surface area contributed by atoms with Crippen LogP contribution in [0.25, 0.3) is 11.1 Å². The lowest BCUT2D eigenvalue weighted by Gasteiger charge is -2.10. The third-order valence-corrected chi connectivity index (χ3v) is 4.14.